The maximum atomic E-state index is 13.0. The minimum Gasteiger partial charge on any atom is -0.497 e. The first kappa shape index (κ1) is 21.3. The average Bonchev–Trinajstić information content (AvgIpc) is 3.07. The van der Waals surface area contributed by atoms with Crippen LogP contribution in [0.25, 0.3) is 0 Å². The number of methoxy groups -OCH3 is 1. The van der Waals surface area contributed by atoms with Crippen molar-refractivity contribution in [2.75, 3.05) is 7.11 Å². The van der Waals surface area contributed by atoms with Crippen molar-refractivity contribution in [1.29, 1.82) is 0 Å². The van der Waals surface area contributed by atoms with Gasteiger partial charge in [0.25, 0.3) is 0 Å². The summed E-state index contributed by atoms with van der Waals surface area (Å²) in [6, 6.07) is 18.2. The fraction of sp³-hybridized carbons (Fsp3) is 0.409. The van der Waals surface area contributed by atoms with Crippen molar-refractivity contribution in [3.8, 4) is 5.75 Å². The Hall–Kier alpha value is -2.04. The zero-order chi connectivity index (χ0) is 18.4. The number of amides is 1. The number of carbonyl (C=O) groups excluding carboxylic acids is 1. The van der Waals surface area contributed by atoms with Crippen molar-refractivity contribution in [1.82, 2.24) is 4.90 Å². The lowest BCUT2D eigenvalue weighted by Gasteiger charge is -2.26. The number of nitrogens with zero attached hydrogens (tertiary/aromatic N) is 1. The van der Waals surface area contributed by atoms with Crippen molar-refractivity contribution in [3.05, 3.63) is 65.7 Å². The molecule has 0 saturated heterocycles. The number of rotatable bonds is 7. The SMILES string of the molecule is COc1ccc(CN(Cc2ccccc2)C(=O)C[C@@H]2CCC[C@H]2N)cc1.Cl. The fourth-order valence-electron chi connectivity index (χ4n) is 3.66. The van der Waals surface area contributed by atoms with E-state index in [-0.39, 0.29) is 24.4 Å². The average molecular weight is 389 g/mol. The number of benzene rings is 2. The molecule has 0 heterocycles. The summed E-state index contributed by atoms with van der Waals surface area (Å²) < 4.78 is 5.22. The molecule has 3 rings (SSSR count). The molecule has 1 amide bonds. The smallest absolute Gasteiger partial charge is 0.223 e. The minimum absolute atomic E-state index is 0. The summed E-state index contributed by atoms with van der Waals surface area (Å²) in [6.45, 7) is 1.22. The van der Waals surface area contributed by atoms with Gasteiger partial charge in [-0.15, -0.1) is 12.4 Å². The zero-order valence-electron chi connectivity index (χ0n) is 15.8. The van der Waals surface area contributed by atoms with Gasteiger partial charge in [-0.3, -0.25) is 4.79 Å². The Morgan fingerprint density at radius 2 is 1.67 bits per heavy atom. The maximum Gasteiger partial charge on any atom is 0.223 e. The van der Waals surface area contributed by atoms with Crippen LogP contribution >= 0.6 is 12.4 Å². The molecule has 1 fully saturated rings. The molecule has 146 valence electrons. The van der Waals surface area contributed by atoms with Crippen LogP contribution in [-0.4, -0.2) is 24.0 Å². The second kappa shape index (κ2) is 10.3. The van der Waals surface area contributed by atoms with Crippen LogP contribution < -0.4 is 10.5 Å². The van der Waals surface area contributed by atoms with E-state index >= 15 is 0 Å². The second-order valence-corrected chi connectivity index (χ2v) is 7.14. The molecule has 0 spiro atoms. The van der Waals surface area contributed by atoms with Gasteiger partial charge >= 0.3 is 0 Å². The zero-order valence-corrected chi connectivity index (χ0v) is 16.7. The molecule has 2 aromatic rings. The second-order valence-electron chi connectivity index (χ2n) is 7.14. The molecule has 0 aliphatic heterocycles. The summed E-state index contributed by atoms with van der Waals surface area (Å²) in [5, 5.41) is 0. The third-order valence-corrected chi connectivity index (χ3v) is 5.26. The highest BCUT2D eigenvalue weighted by Gasteiger charge is 2.28. The van der Waals surface area contributed by atoms with E-state index in [2.05, 4.69) is 12.1 Å². The van der Waals surface area contributed by atoms with Crippen molar-refractivity contribution >= 4 is 18.3 Å². The highest BCUT2D eigenvalue weighted by molar-refractivity contribution is 5.85. The Morgan fingerprint density at radius 1 is 1.04 bits per heavy atom. The largest absolute Gasteiger partial charge is 0.497 e. The molecule has 0 bridgehead atoms. The Balaban J connectivity index is 0.00000261. The van der Waals surface area contributed by atoms with Crippen LogP contribution in [0.15, 0.2) is 54.6 Å². The van der Waals surface area contributed by atoms with Crippen LogP contribution in [0.5, 0.6) is 5.75 Å². The Kier molecular flexibility index (Phi) is 8.14. The Bertz CT molecular complexity index is 706. The monoisotopic (exact) mass is 388 g/mol. The predicted molar refractivity (Wildman–Crippen MR) is 111 cm³/mol. The van der Waals surface area contributed by atoms with Gasteiger partial charge in [-0.05, 0) is 42.0 Å². The molecule has 1 aliphatic rings. The molecule has 27 heavy (non-hydrogen) atoms. The summed E-state index contributed by atoms with van der Waals surface area (Å²) in [5.74, 6) is 1.33. The van der Waals surface area contributed by atoms with E-state index < -0.39 is 0 Å². The third kappa shape index (κ3) is 5.98. The van der Waals surface area contributed by atoms with Crippen LogP contribution in [0.1, 0.15) is 36.8 Å². The molecule has 2 aromatic carbocycles. The number of nitrogens with two attached hydrogens (primary N) is 1. The third-order valence-electron chi connectivity index (χ3n) is 5.26. The summed E-state index contributed by atoms with van der Waals surface area (Å²) in [5.41, 5.74) is 8.43. The van der Waals surface area contributed by atoms with E-state index in [0.29, 0.717) is 25.4 Å². The summed E-state index contributed by atoms with van der Waals surface area (Å²) in [7, 11) is 1.66. The molecule has 1 aliphatic carbocycles. The van der Waals surface area contributed by atoms with Gasteiger partial charge < -0.3 is 15.4 Å². The maximum absolute atomic E-state index is 13.0. The van der Waals surface area contributed by atoms with Crippen molar-refractivity contribution in [2.24, 2.45) is 11.7 Å². The van der Waals surface area contributed by atoms with Crippen molar-refractivity contribution in [3.63, 3.8) is 0 Å². The van der Waals surface area contributed by atoms with Gasteiger partial charge in [0.15, 0.2) is 0 Å². The van der Waals surface area contributed by atoms with Crippen LogP contribution in [0.4, 0.5) is 0 Å². The molecule has 0 unspecified atom stereocenters. The first-order valence-electron chi connectivity index (χ1n) is 9.36. The lowest BCUT2D eigenvalue weighted by Crippen LogP contribution is -2.34. The Morgan fingerprint density at radius 3 is 2.22 bits per heavy atom. The highest BCUT2D eigenvalue weighted by atomic mass is 35.5. The van der Waals surface area contributed by atoms with Crippen LogP contribution in [-0.2, 0) is 17.9 Å². The molecule has 0 aromatic heterocycles. The molecule has 1 saturated carbocycles. The van der Waals surface area contributed by atoms with E-state index in [1.165, 1.54) is 0 Å². The van der Waals surface area contributed by atoms with E-state index in [0.717, 1.165) is 36.1 Å². The quantitative estimate of drug-likeness (QED) is 0.774. The van der Waals surface area contributed by atoms with Crippen LogP contribution in [0, 0.1) is 5.92 Å². The minimum atomic E-state index is 0. The lowest BCUT2D eigenvalue weighted by molar-refractivity contribution is -0.133. The molecule has 2 N–H and O–H groups in total. The van der Waals surface area contributed by atoms with Crippen LogP contribution in [0.2, 0.25) is 0 Å². The molecular formula is C22H29ClN2O2. The van der Waals surface area contributed by atoms with Gasteiger partial charge in [-0.2, -0.15) is 0 Å². The first-order valence-corrected chi connectivity index (χ1v) is 9.36. The van der Waals surface area contributed by atoms with Gasteiger partial charge in [0.2, 0.25) is 5.91 Å². The molecule has 2 atom stereocenters. The van der Waals surface area contributed by atoms with Crippen molar-refractivity contribution in [2.45, 2.75) is 44.8 Å². The highest BCUT2D eigenvalue weighted by Crippen LogP contribution is 2.28. The van der Waals surface area contributed by atoms with E-state index in [1.54, 1.807) is 7.11 Å². The summed E-state index contributed by atoms with van der Waals surface area (Å²) >= 11 is 0. The predicted octanol–water partition coefficient (Wildman–Crippen LogP) is 4.16. The Labute approximate surface area is 168 Å². The number of ether oxygens (including phenoxy) is 1. The standard InChI is InChI=1S/C22H28N2O2.ClH/c1-26-20-12-10-18(11-13-20)16-24(15-17-6-3-2-4-7-17)22(25)14-19-8-5-9-21(19)23;/h2-4,6-7,10-13,19,21H,5,8-9,14-16,23H2,1H3;1H/t19-,21+;/m0./s1. The number of hydrogen-bond donors (Lipinski definition) is 1. The van der Waals surface area contributed by atoms with E-state index in [4.69, 9.17) is 10.5 Å². The first-order chi connectivity index (χ1) is 12.7. The summed E-state index contributed by atoms with van der Waals surface area (Å²) in [4.78, 5) is 15.0. The fourth-order valence-corrected chi connectivity index (χ4v) is 3.66. The molecule has 0 radical (unpaired) electrons. The number of carbonyl (C=O) groups is 1. The molecule has 5 heteroatoms. The topological polar surface area (TPSA) is 55.6 Å². The van der Waals surface area contributed by atoms with Gasteiger partial charge in [0.05, 0.1) is 7.11 Å². The number of hydrogen-bond acceptors (Lipinski definition) is 3. The van der Waals surface area contributed by atoms with E-state index in [9.17, 15) is 4.79 Å². The van der Waals surface area contributed by atoms with Gasteiger partial charge in [0, 0.05) is 25.6 Å². The molecule has 4 nitrogen and oxygen atoms in total. The normalized spacial score (nSPS) is 18.6. The van der Waals surface area contributed by atoms with Gasteiger partial charge in [0.1, 0.15) is 5.75 Å². The van der Waals surface area contributed by atoms with Crippen LogP contribution in [0.3, 0.4) is 0 Å². The molecular weight excluding hydrogens is 360 g/mol. The van der Waals surface area contributed by atoms with E-state index in [1.807, 2.05) is 47.4 Å². The lowest BCUT2D eigenvalue weighted by atomic mass is 9.99. The van der Waals surface area contributed by atoms with Gasteiger partial charge in [-0.25, -0.2) is 0 Å². The van der Waals surface area contributed by atoms with Gasteiger partial charge in [-0.1, -0.05) is 48.9 Å². The summed E-state index contributed by atoms with van der Waals surface area (Å²) in [6.07, 6.45) is 3.78. The number of halogens is 1. The van der Waals surface area contributed by atoms with Crippen molar-refractivity contribution < 1.29 is 9.53 Å².